The predicted octanol–water partition coefficient (Wildman–Crippen LogP) is 5.21. The standard InChI is InChI=1S/C21H17ClN2O2/c1-23(16-8-3-2-4-9-16)21(25)19-13-20-18(11-12-26-20)24(19)14-15-7-5-6-10-17(15)22/h2-13H,14H2,1H3. The van der Waals surface area contributed by atoms with Crippen molar-refractivity contribution in [1.82, 2.24) is 4.57 Å². The van der Waals surface area contributed by atoms with Crippen LogP contribution in [-0.4, -0.2) is 17.5 Å². The van der Waals surface area contributed by atoms with Crippen molar-refractivity contribution in [3.8, 4) is 0 Å². The summed E-state index contributed by atoms with van der Waals surface area (Å²) in [7, 11) is 1.77. The predicted molar refractivity (Wildman–Crippen MR) is 104 cm³/mol. The minimum Gasteiger partial charge on any atom is -0.463 e. The maximum Gasteiger partial charge on any atom is 0.274 e. The van der Waals surface area contributed by atoms with Gasteiger partial charge in [0.15, 0.2) is 5.58 Å². The van der Waals surface area contributed by atoms with Crippen LogP contribution in [0.25, 0.3) is 11.1 Å². The Morgan fingerprint density at radius 1 is 1.08 bits per heavy atom. The molecule has 26 heavy (non-hydrogen) atoms. The number of rotatable bonds is 4. The molecule has 2 aromatic carbocycles. The van der Waals surface area contributed by atoms with Crippen LogP contribution in [0.1, 0.15) is 16.1 Å². The minimum atomic E-state index is -0.102. The molecule has 0 saturated heterocycles. The second kappa shape index (κ2) is 6.73. The van der Waals surface area contributed by atoms with Gasteiger partial charge in [-0.2, -0.15) is 0 Å². The topological polar surface area (TPSA) is 38.4 Å². The van der Waals surface area contributed by atoms with Gasteiger partial charge in [-0.1, -0.05) is 48.0 Å². The van der Waals surface area contributed by atoms with Crippen LogP contribution in [0, 0.1) is 0 Å². The first-order valence-corrected chi connectivity index (χ1v) is 8.66. The van der Waals surface area contributed by atoms with Gasteiger partial charge in [0.2, 0.25) is 0 Å². The van der Waals surface area contributed by atoms with Crippen molar-refractivity contribution in [2.75, 3.05) is 11.9 Å². The lowest BCUT2D eigenvalue weighted by atomic mass is 10.2. The van der Waals surface area contributed by atoms with Gasteiger partial charge in [-0.05, 0) is 23.8 Å². The minimum absolute atomic E-state index is 0.102. The number of hydrogen-bond donors (Lipinski definition) is 0. The van der Waals surface area contributed by atoms with E-state index < -0.39 is 0 Å². The third kappa shape index (κ3) is 2.89. The van der Waals surface area contributed by atoms with Gasteiger partial charge >= 0.3 is 0 Å². The van der Waals surface area contributed by atoms with E-state index in [1.165, 1.54) is 0 Å². The van der Waals surface area contributed by atoms with Crippen molar-refractivity contribution < 1.29 is 9.21 Å². The van der Waals surface area contributed by atoms with Crippen LogP contribution in [0.4, 0.5) is 5.69 Å². The summed E-state index contributed by atoms with van der Waals surface area (Å²) in [6.45, 7) is 0.492. The molecule has 4 aromatic rings. The maximum absolute atomic E-state index is 13.1. The molecule has 0 atom stereocenters. The Morgan fingerprint density at radius 3 is 2.58 bits per heavy atom. The summed E-state index contributed by atoms with van der Waals surface area (Å²) in [5, 5.41) is 0.674. The first kappa shape index (κ1) is 16.5. The van der Waals surface area contributed by atoms with Gasteiger partial charge < -0.3 is 13.9 Å². The van der Waals surface area contributed by atoms with Gasteiger partial charge in [-0.15, -0.1) is 0 Å². The quantitative estimate of drug-likeness (QED) is 0.498. The lowest BCUT2D eigenvalue weighted by Crippen LogP contribution is -2.28. The fraction of sp³-hybridized carbons (Fsp3) is 0.0952. The van der Waals surface area contributed by atoms with Crippen molar-refractivity contribution >= 4 is 34.3 Å². The Kier molecular flexibility index (Phi) is 4.27. The number of nitrogens with zero attached hydrogens (tertiary/aromatic N) is 2. The second-order valence-electron chi connectivity index (χ2n) is 6.08. The third-order valence-corrected chi connectivity index (χ3v) is 4.85. The molecule has 0 bridgehead atoms. The zero-order valence-corrected chi connectivity index (χ0v) is 15.0. The highest BCUT2D eigenvalue weighted by molar-refractivity contribution is 6.31. The van der Waals surface area contributed by atoms with E-state index in [1.54, 1.807) is 24.3 Å². The van der Waals surface area contributed by atoms with Crippen LogP contribution < -0.4 is 4.90 Å². The Morgan fingerprint density at radius 2 is 1.81 bits per heavy atom. The van der Waals surface area contributed by atoms with Gasteiger partial charge in [0, 0.05) is 36.4 Å². The van der Waals surface area contributed by atoms with E-state index in [0.29, 0.717) is 22.8 Å². The summed E-state index contributed by atoms with van der Waals surface area (Å²) in [6, 6.07) is 20.9. The zero-order valence-electron chi connectivity index (χ0n) is 14.2. The number of benzene rings is 2. The molecule has 0 aliphatic carbocycles. The van der Waals surface area contributed by atoms with Crippen molar-refractivity contribution in [3.05, 3.63) is 89.3 Å². The first-order valence-electron chi connectivity index (χ1n) is 8.28. The van der Waals surface area contributed by atoms with Crippen LogP contribution in [0.5, 0.6) is 0 Å². The number of aromatic nitrogens is 1. The van der Waals surface area contributed by atoms with Gasteiger partial charge in [-0.3, -0.25) is 4.79 Å². The van der Waals surface area contributed by atoms with E-state index >= 15 is 0 Å². The second-order valence-corrected chi connectivity index (χ2v) is 6.48. The molecule has 0 radical (unpaired) electrons. The highest BCUT2D eigenvalue weighted by Crippen LogP contribution is 2.26. The van der Waals surface area contributed by atoms with Gasteiger partial charge in [0.25, 0.3) is 5.91 Å². The summed E-state index contributed by atoms with van der Waals surface area (Å²) < 4.78 is 7.46. The monoisotopic (exact) mass is 364 g/mol. The smallest absolute Gasteiger partial charge is 0.274 e. The van der Waals surface area contributed by atoms with Gasteiger partial charge in [0.05, 0.1) is 11.8 Å². The van der Waals surface area contributed by atoms with Gasteiger partial charge in [0.1, 0.15) is 5.69 Å². The molecular weight excluding hydrogens is 348 g/mol. The fourth-order valence-electron chi connectivity index (χ4n) is 3.06. The molecule has 0 aliphatic heterocycles. The average molecular weight is 365 g/mol. The van der Waals surface area contributed by atoms with Crippen LogP contribution in [0.3, 0.4) is 0 Å². The number of amides is 1. The van der Waals surface area contributed by atoms with Crippen molar-refractivity contribution in [3.63, 3.8) is 0 Å². The fourth-order valence-corrected chi connectivity index (χ4v) is 3.26. The zero-order chi connectivity index (χ0) is 18.1. The van der Waals surface area contributed by atoms with Crippen LogP contribution in [0.2, 0.25) is 5.02 Å². The molecule has 130 valence electrons. The molecule has 0 aliphatic rings. The molecule has 0 saturated carbocycles. The number of carbonyl (C=O) groups excluding carboxylic acids is 1. The van der Waals surface area contributed by atoms with E-state index in [0.717, 1.165) is 16.8 Å². The lowest BCUT2D eigenvalue weighted by Gasteiger charge is -2.19. The van der Waals surface area contributed by atoms with E-state index in [9.17, 15) is 4.79 Å². The molecule has 0 spiro atoms. The van der Waals surface area contributed by atoms with Gasteiger partial charge in [-0.25, -0.2) is 0 Å². The summed E-state index contributed by atoms with van der Waals surface area (Å²) in [4.78, 5) is 14.8. The largest absolute Gasteiger partial charge is 0.463 e. The summed E-state index contributed by atoms with van der Waals surface area (Å²) in [6.07, 6.45) is 1.63. The summed E-state index contributed by atoms with van der Waals surface area (Å²) in [5.74, 6) is -0.102. The molecule has 0 N–H and O–H groups in total. The molecule has 4 nitrogen and oxygen atoms in total. The number of fused-ring (bicyclic) bond motifs is 1. The highest BCUT2D eigenvalue weighted by atomic mass is 35.5. The van der Waals surface area contributed by atoms with Crippen molar-refractivity contribution in [2.24, 2.45) is 0 Å². The number of carbonyl (C=O) groups is 1. The molecular formula is C21H17ClN2O2. The number of halogens is 1. The van der Waals surface area contributed by atoms with E-state index in [2.05, 4.69) is 0 Å². The van der Waals surface area contributed by atoms with Crippen LogP contribution >= 0.6 is 11.6 Å². The lowest BCUT2D eigenvalue weighted by molar-refractivity contribution is 0.0985. The number of anilines is 1. The SMILES string of the molecule is CN(C(=O)c1cc2occc2n1Cc1ccccc1Cl)c1ccccc1. The molecule has 2 aromatic heterocycles. The van der Waals surface area contributed by atoms with E-state index in [-0.39, 0.29) is 5.91 Å². The van der Waals surface area contributed by atoms with Crippen molar-refractivity contribution in [1.29, 1.82) is 0 Å². The number of furan rings is 1. The molecule has 1 amide bonds. The Hall–Kier alpha value is -2.98. The normalized spacial score (nSPS) is 11.0. The Balaban J connectivity index is 1.77. The number of hydrogen-bond acceptors (Lipinski definition) is 2. The molecule has 2 heterocycles. The first-order chi connectivity index (χ1) is 12.6. The van der Waals surface area contributed by atoms with Crippen LogP contribution in [-0.2, 0) is 6.54 Å². The molecule has 0 fully saturated rings. The molecule has 0 unspecified atom stereocenters. The third-order valence-electron chi connectivity index (χ3n) is 4.48. The average Bonchev–Trinajstić information content (AvgIpc) is 3.25. The Bertz CT molecular complexity index is 1070. The molecule has 5 heteroatoms. The summed E-state index contributed by atoms with van der Waals surface area (Å²) >= 11 is 6.32. The van der Waals surface area contributed by atoms with Crippen molar-refractivity contribution in [2.45, 2.75) is 6.54 Å². The maximum atomic E-state index is 13.1. The Labute approximate surface area is 156 Å². The highest BCUT2D eigenvalue weighted by Gasteiger charge is 2.22. The number of para-hydroxylation sites is 1. The van der Waals surface area contributed by atoms with E-state index in [1.807, 2.05) is 65.2 Å². The molecule has 4 rings (SSSR count). The van der Waals surface area contributed by atoms with E-state index in [4.69, 9.17) is 16.0 Å². The van der Waals surface area contributed by atoms with Crippen LogP contribution in [0.15, 0.2) is 77.4 Å². The summed E-state index contributed by atoms with van der Waals surface area (Å²) in [5.41, 5.74) is 3.89.